The maximum absolute atomic E-state index is 5.21. The van der Waals surface area contributed by atoms with Crippen LogP contribution in [0.5, 0.6) is 0 Å². The van der Waals surface area contributed by atoms with E-state index in [1.165, 1.54) is 0 Å². The van der Waals surface area contributed by atoms with Crippen LogP contribution >= 0.6 is 0 Å². The standard InChI is InChI=1S/C8H8B2O4/c1-5-6(2)12-9(11-5)10-13-7(3)8(4)14-10/h1-4H2. The molecule has 0 saturated carbocycles. The Morgan fingerprint density at radius 3 is 1.00 bits per heavy atom. The van der Waals surface area contributed by atoms with Gasteiger partial charge in [0.15, 0.2) is 0 Å². The van der Waals surface area contributed by atoms with E-state index in [-0.39, 0.29) is 0 Å². The van der Waals surface area contributed by atoms with Crippen molar-refractivity contribution < 1.29 is 18.6 Å². The van der Waals surface area contributed by atoms with Gasteiger partial charge in [0.25, 0.3) is 0 Å². The van der Waals surface area contributed by atoms with Gasteiger partial charge >= 0.3 is 14.0 Å². The van der Waals surface area contributed by atoms with E-state index >= 15 is 0 Å². The average molecular weight is 190 g/mol. The fraction of sp³-hybridized carbons (Fsp3) is 0. The van der Waals surface area contributed by atoms with Crippen molar-refractivity contribution in [2.45, 2.75) is 0 Å². The summed E-state index contributed by atoms with van der Waals surface area (Å²) in [4.78, 5) is 0. The van der Waals surface area contributed by atoms with E-state index in [2.05, 4.69) is 26.3 Å². The topological polar surface area (TPSA) is 36.9 Å². The van der Waals surface area contributed by atoms with Crippen LogP contribution in [0.4, 0.5) is 0 Å². The van der Waals surface area contributed by atoms with Crippen molar-refractivity contribution in [3.63, 3.8) is 0 Å². The molecule has 0 spiro atoms. The zero-order chi connectivity index (χ0) is 10.3. The van der Waals surface area contributed by atoms with Crippen molar-refractivity contribution in [3.8, 4) is 0 Å². The highest BCUT2D eigenvalue weighted by molar-refractivity contribution is 7.11. The summed E-state index contributed by atoms with van der Waals surface area (Å²) in [5.74, 6) is 1.52. The van der Waals surface area contributed by atoms with Crippen LogP contribution in [-0.4, -0.2) is 14.0 Å². The Bertz CT molecular complexity index is 283. The molecule has 4 nitrogen and oxygen atoms in total. The molecule has 0 unspecified atom stereocenters. The fourth-order valence-corrected chi connectivity index (χ4v) is 1.09. The Balaban J connectivity index is 2.05. The van der Waals surface area contributed by atoms with Gasteiger partial charge in [-0.25, -0.2) is 0 Å². The Morgan fingerprint density at radius 1 is 0.571 bits per heavy atom. The molecule has 70 valence electrons. The first kappa shape index (κ1) is 8.87. The van der Waals surface area contributed by atoms with Gasteiger partial charge < -0.3 is 18.6 Å². The third kappa shape index (κ3) is 1.28. The molecule has 2 aliphatic heterocycles. The summed E-state index contributed by atoms with van der Waals surface area (Å²) in [6.07, 6.45) is 0. The van der Waals surface area contributed by atoms with Gasteiger partial charge in [-0.15, -0.1) is 0 Å². The minimum Gasteiger partial charge on any atom is -0.524 e. The summed E-state index contributed by atoms with van der Waals surface area (Å²) >= 11 is 0. The maximum atomic E-state index is 5.21. The van der Waals surface area contributed by atoms with E-state index in [4.69, 9.17) is 18.6 Å². The first-order valence-electron chi connectivity index (χ1n) is 4.01. The monoisotopic (exact) mass is 190 g/mol. The van der Waals surface area contributed by atoms with E-state index in [0.29, 0.717) is 23.0 Å². The molecule has 14 heavy (non-hydrogen) atoms. The molecule has 0 radical (unpaired) electrons. The lowest BCUT2D eigenvalue weighted by Crippen LogP contribution is -2.38. The van der Waals surface area contributed by atoms with Crippen LogP contribution in [0, 0.1) is 0 Å². The third-order valence-corrected chi connectivity index (χ3v) is 1.88. The van der Waals surface area contributed by atoms with Crippen LogP contribution in [0.1, 0.15) is 0 Å². The van der Waals surface area contributed by atoms with Gasteiger partial charge in [0, 0.05) is 0 Å². The molecule has 0 aromatic carbocycles. The lowest BCUT2D eigenvalue weighted by molar-refractivity contribution is 0.377. The molecular weight excluding hydrogens is 182 g/mol. The molecule has 0 N–H and O–H groups in total. The Labute approximate surface area is 82.7 Å². The quantitative estimate of drug-likeness (QED) is 0.581. The van der Waals surface area contributed by atoms with Crippen molar-refractivity contribution in [3.05, 3.63) is 49.4 Å². The zero-order valence-electron chi connectivity index (χ0n) is 7.62. The van der Waals surface area contributed by atoms with E-state index in [9.17, 15) is 0 Å². The van der Waals surface area contributed by atoms with Gasteiger partial charge in [-0.1, -0.05) is 26.3 Å². The molecule has 0 aromatic rings. The second-order valence-electron chi connectivity index (χ2n) is 2.90. The number of hydrogen-bond donors (Lipinski definition) is 0. The molecule has 2 rings (SSSR count). The highest BCUT2D eigenvalue weighted by atomic mass is 16.7. The van der Waals surface area contributed by atoms with Gasteiger partial charge in [0.2, 0.25) is 0 Å². The van der Waals surface area contributed by atoms with Gasteiger partial charge in [-0.05, 0) is 0 Å². The summed E-state index contributed by atoms with van der Waals surface area (Å²) in [6.45, 7) is 14.4. The van der Waals surface area contributed by atoms with E-state index < -0.39 is 14.0 Å². The highest BCUT2D eigenvalue weighted by Gasteiger charge is 2.55. The maximum Gasteiger partial charge on any atom is 0.658 e. The van der Waals surface area contributed by atoms with Crippen molar-refractivity contribution in [2.75, 3.05) is 0 Å². The smallest absolute Gasteiger partial charge is 0.524 e. The fourth-order valence-electron chi connectivity index (χ4n) is 1.09. The molecule has 0 bridgehead atoms. The Kier molecular flexibility index (Phi) is 1.84. The van der Waals surface area contributed by atoms with Crippen molar-refractivity contribution >= 4 is 14.0 Å². The average Bonchev–Trinajstić information content (AvgIpc) is 2.60. The summed E-state index contributed by atoms with van der Waals surface area (Å²) in [5.41, 5.74) is 0. The summed E-state index contributed by atoms with van der Waals surface area (Å²) in [6, 6.07) is 0. The largest absolute Gasteiger partial charge is 0.658 e. The first-order chi connectivity index (χ1) is 6.58. The lowest BCUT2D eigenvalue weighted by Gasteiger charge is -2.04. The van der Waals surface area contributed by atoms with E-state index in [0.717, 1.165) is 0 Å². The second-order valence-corrected chi connectivity index (χ2v) is 2.90. The van der Waals surface area contributed by atoms with Crippen LogP contribution in [0.15, 0.2) is 49.4 Å². The summed E-state index contributed by atoms with van der Waals surface area (Å²) in [5, 5.41) is 0. The highest BCUT2D eigenvalue weighted by Crippen LogP contribution is 2.28. The minimum atomic E-state index is -0.689. The van der Waals surface area contributed by atoms with E-state index in [1.54, 1.807) is 0 Å². The van der Waals surface area contributed by atoms with E-state index in [1.807, 2.05) is 0 Å². The second kappa shape index (κ2) is 2.90. The molecule has 2 aliphatic rings. The predicted molar refractivity (Wildman–Crippen MR) is 52.4 cm³/mol. The number of rotatable bonds is 1. The predicted octanol–water partition coefficient (Wildman–Crippen LogP) is 1.19. The van der Waals surface area contributed by atoms with Crippen molar-refractivity contribution in [2.24, 2.45) is 0 Å². The van der Waals surface area contributed by atoms with Crippen LogP contribution in [0.3, 0.4) is 0 Å². The molecule has 0 aromatic heterocycles. The molecule has 2 fully saturated rings. The summed E-state index contributed by atoms with van der Waals surface area (Å²) in [7, 11) is -1.38. The molecule has 0 amide bonds. The molecule has 0 atom stereocenters. The minimum absolute atomic E-state index is 0.380. The molecule has 2 saturated heterocycles. The van der Waals surface area contributed by atoms with Crippen LogP contribution in [0.25, 0.3) is 0 Å². The van der Waals surface area contributed by atoms with Crippen molar-refractivity contribution in [1.29, 1.82) is 0 Å². The normalized spacial score (nSPS) is 20.6. The van der Waals surface area contributed by atoms with Crippen LogP contribution in [-0.2, 0) is 18.6 Å². The molecule has 0 aliphatic carbocycles. The molecule has 2 heterocycles. The van der Waals surface area contributed by atoms with Gasteiger partial charge in [-0.2, -0.15) is 0 Å². The Hall–Kier alpha value is -1.71. The number of hydrogen-bond acceptors (Lipinski definition) is 4. The Morgan fingerprint density at radius 2 is 0.786 bits per heavy atom. The van der Waals surface area contributed by atoms with Crippen LogP contribution in [0.2, 0.25) is 0 Å². The third-order valence-electron chi connectivity index (χ3n) is 1.88. The zero-order valence-corrected chi connectivity index (χ0v) is 7.62. The SMILES string of the molecule is C=C1OB(B2OC(=C)C(=C)O2)OC1=C. The molecule has 6 heteroatoms. The van der Waals surface area contributed by atoms with Gasteiger partial charge in [0.1, 0.15) is 23.0 Å². The molecular formula is C8H8B2O4. The lowest BCUT2D eigenvalue weighted by atomic mass is 9.49. The first-order valence-corrected chi connectivity index (χ1v) is 4.01. The van der Waals surface area contributed by atoms with Gasteiger partial charge in [0.05, 0.1) is 0 Å². The summed E-state index contributed by atoms with van der Waals surface area (Å²) < 4.78 is 20.8. The van der Waals surface area contributed by atoms with Gasteiger partial charge in [-0.3, -0.25) is 0 Å². The van der Waals surface area contributed by atoms with Crippen molar-refractivity contribution in [1.82, 2.24) is 0 Å². The van der Waals surface area contributed by atoms with Crippen LogP contribution < -0.4 is 0 Å².